The van der Waals surface area contributed by atoms with E-state index in [0.29, 0.717) is 30.6 Å². The second-order valence-electron chi connectivity index (χ2n) is 8.14. The monoisotopic (exact) mass is 410 g/mol. The topological polar surface area (TPSA) is 67.9 Å². The van der Waals surface area contributed by atoms with Crippen molar-refractivity contribution in [3.63, 3.8) is 0 Å². The molecular weight excluding hydrogens is 380 g/mol. The van der Waals surface area contributed by atoms with Gasteiger partial charge < -0.3 is 19.7 Å². The number of fused-ring (bicyclic) bond motifs is 1. The first-order chi connectivity index (χ1) is 14.3. The summed E-state index contributed by atoms with van der Waals surface area (Å²) in [6.45, 7) is 8.72. The molecule has 1 atom stereocenters. The molecule has 2 aromatic rings. The Morgan fingerprint density at radius 3 is 2.60 bits per heavy atom. The van der Waals surface area contributed by atoms with Gasteiger partial charge in [0.15, 0.2) is 11.5 Å². The first-order valence-corrected chi connectivity index (χ1v) is 10.3. The first kappa shape index (κ1) is 21.7. The summed E-state index contributed by atoms with van der Waals surface area (Å²) in [7, 11) is 1.61. The quantitative estimate of drug-likeness (QED) is 0.710. The number of hydrogen-bond acceptors (Lipinski definition) is 4. The van der Waals surface area contributed by atoms with Gasteiger partial charge in [-0.15, -0.1) is 0 Å². The number of nitrogens with one attached hydrogen (secondary N) is 1. The van der Waals surface area contributed by atoms with E-state index < -0.39 is 6.04 Å². The minimum atomic E-state index is -0.655. The van der Waals surface area contributed by atoms with Gasteiger partial charge in [0, 0.05) is 18.2 Å². The Bertz CT molecular complexity index is 939. The molecule has 1 heterocycles. The molecule has 2 aromatic carbocycles. The highest BCUT2D eigenvalue weighted by Crippen LogP contribution is 2.38. The standard InChI is InChI=1S/C24H30N2O4/c1-15(2)10-11-30-21-9-7-18(13-22(21)29-5)14-26-20-8-6-16(3)12-19(20)23(24(26)28)25-17(4)27/h6-9,12-13,15,23H,10-11,14H2,1-5H3,(H,25,27)/t23-/m0/s1. The van der Waals surface area contributed by atoms with Crippen molar-refractivity contribution in [3.8, 4) is 11.5 Å². The van der Waals surface area contributed by atoms with E-state index >= 15 is 0 Å². The summed E-state index contributed by atoms with van der Waals surface area (Å²) in [5.74, 6) is 1.54. The SMILES string of the molecule is COc1cc(CN2C(=O)[C@@H](NC(C)=O)c3cc(C)ccc32)ccc1OCCC(C)C. The maximum absolute atomic E-state index is 13.1. The molecule has 0 bridgehead atoms. The highest BCUT2D eigenvalue weighted by Gasteiger charge is 2.37. The number of hydrogen-bond donors (Lipinski definition) is 1. The minimum absolute atomic E-state index is 0.137. The van der Waals surface area contributed by atoms with E-state index in [9.17, 15) is 9.59 Å². The van der Waals surface area contributed by atoms with Crippen LogP contribution in [0.1, 0.15) is 49.9 Å². The van der Waals surface area contributed by atoms with Crippen molar-refractivity contribution >= 4 is 17.5 Å². The Morgan fingerprint density at radius 1 is 1.17 bits per heavy atom. The average Bonchev–Trinajstić information content (AvgIpc) is 2.93. The van der Waals surface area contributed by atoms with Crippen LogP contribution in [0.2, 0.25) is 0 Å². The lowest BCUT2D eigenvalue weighted by Crippen LogP contribution is -2.36. The lowest BCUT2D eigenvalue weighted by molar-refractivity contribution is -0.126. The third-order valence-electron chi connectivity index (χ3n) is 5.17. The Morgan fingerprint density at radius 2 is 1.93 bits per heavy atom. The van der Waals surface area contributed by atoms with Crippen molar-refractivity contribution in [3.05, 3.63) is 53.1 Å². The van der Waals surface area contributed by atoms with Crippen molar-refractivity contribution in [2.24, 2.45) is 5.92 Å². The fraction of sp³-hybridized carbons (Fsp3) is 0.417. The predicted molar refractivity (Wildman–Crippen MR) is 117 cm³/mol. The van der Waals surface area contributed by atoms with Gasteiger partial charge in [-0.2, -0.15) is 0 Å². The van der Waals surface area contributed by atoms with Crippen molar-refractivity contribution in [2.75, 3.05) is 18.6 Å². The van der Waals surface area contributed by atoms with Crippen LogP contribution in [0.15, 0.2) is 36.4 Å². The number of rotatable bonds is 8. The number of methoxy groups -OCH3 is 1. The largest absolute Gasteiger partial charge is 0.493 e. The third kappa shape index (κ3) is 4.75. The summed E-state index contributed by atoms with van der Waals surface area (Å²) in [6.07, 6.45) is 0.966. The summed E-state index contributed by atoms with van der Waals surface area (Å²) in [5, 5.41) is 2.78. The molecule has 0 saturated carbocycles. The molecule has 2 amide bonds. The maximum Gasteiger partial charge on any atom is 0.254 e. The lowest BCUT2D eigenvalue weighted by Gasteiger charge is -2.19. The number of ether oxygens (including phenoxy) is 2. The van der Waals surface area contributed by atoms with Gasteiger partial charge in [0.05, 0.1) is 20.3 Å². The van der Waals surface area contributed by atoms with Gasteiger partial charge in [0.25, 0.3) is 5.91 Å². The van der Waals surface area contributed by atoms with E-state index in [2.05, 4.69) is 19.2 Å². The number of aryl methyl sites for hydroxylation is 1. The van der Waals surface area contributed by atoms with Crippen LogP contribution in [-0.4, -0.2) is 25.5 Å². The summed E-state index contributed by atoms with van der Waals surface area (Å²) in [6, 6.07) is 10.9. The number of carbonyl (C=O) groups is 2. The Labute approximate surface area is 178 Å². The van der Waals surface area contributed by atoms with E-state index in [0.717, 1.165) is 28.8 Å². The summed E-state index contributed by atoms with van der Waals surface area (Å²) < 4.78 is 11.4. The van der Waals surface area contributed by atoms with Crippen LogP contribution >= 0.6 is 0 Å². The molecule has 160 valence electrons. The van der Waals surface area contributed by atoms with Gasteiger partial charge in [-0.1, -0.05) is 37.6 Å². The van der Waals surface area contributed by atoms with Crippen LogP contribution in [-0.2, 0) is 16.1 Å². The fourth-order valence-electron chi connectivity index (χ4n) is 3.58. The van der Waals surface area contributed by atoms with Crippen LogP contribution < -0.4 is 19.7 Å². The van der Waals surface area contributed by atoms with Crippen molar-refractivity contribution in [1.82, 2.24) is 5.32 Å². The predicted octanol–water partition coefficient (Wildman–Crippen LogP) is 4.15. The number of nitrogens with zero attached hydrogens (tertiary/aromatic N) is 1. The molecule has 0 aliphatic carbocycles. The second kappa shape index (κ2) is 9.20. The molecule has 0 aromatic heterocycles. The molecule has 0 fully saturated rings. The molecule has 1 N–H and O–H groups in total. The van der Waals surface area contributed by atoms with Gasteiger partial charge in [0.2, 0.25) is 5.91 Å². The number of carbonyl (C=O) groups excluding carboxylic acids is 2. The first-order valence-electron chi connectivity index (χ1n) is 10.3. The molecule has 6 nitrogen and oxygen atoms in total. The van der Waals surface area contributed by atoms with E-state index in [1.54, 1.807) is 12.0 Å². The van der Waals surface area contributed by atoms with E-state index in [1.807, 2.05) is 43.3 Å². The van der Waals surface area contributed by atoms with E-state index in [-0.39, 0.29) is 11.8 Å². The third-order valence-corrected chi connectivity index (χ3v) is 5.17. The highest BCUT2D eigenvalue weighted by molar-refractivity contribution is 6.06. The smallest absolute Gasteiger partial charge is 0.254 e. The lowest BCUT2D eigenvalue weighted by atomic mass is 10.1. The summed E-state index contributed by atoms with van der Waals surface area (Å²) in [4.78, 5) is 26.4. The Kier molecular flexibility index (Phi) is 6.65. The Hall–Kier alpha value is -3.02. The zero-order valence-corrected chi connectivity index (χ0v) is 18.3. The molecule has 1 aliphatic heterocycles. The molecule has 30 heavy (non-hydrogen) atoms. The molecule has 0 saturated heterocycles. The molecule has 3 rings (SSSR count). The van der Waals surface area contributed by atoms with Gasteiger partial charge in [0.1, 0.15) is 6.04 Å². The molecule has 0 unspecified atom stereocenters. The van der Waals surface area contributed by atoms with Crippen LogP contribution in [0.4, 0.5) is 5.69 Å². The van der Waals surface area contributed by atoms with Gasteiger partial charge in [-0.05, 0) is 43.0 Å². The van der Waals surface area contributed by atoms with Crippen molar-refractivity contribution in [2.45, 2.75) is 46.7 Å². The molecule has 0 spiro atoms. The molecule has 1 aliphatic rings. The number of benzene rings is 2. The van der Waals surface area contributed by atoms with E-state index in [4.69, 9.17) is 9.47 Å². The van der Waals surface area contributed by atoms with Gasteiger partial charge in [-0.3, -0.25) is 9.59 Å². The summed E-state index contributed by atoms with van der Waals surface area (Å²) in [5.41, 5.74) is 3.62. The van der Waals surface area contributed by atoms with Crippen LogP contribution in [0, 0.1) is 12.8 Å². The van der Waals surface area contributed by atoms with E-state index in [1.165, 1.54) is 6.92 Å². The molecule has 0 radical (unpaired) electrons. The Balaban J connectivity index is 1.83. The molecular formula is C24H30N2O4. The number of amides is 2. The average molecular weight is 411 g/mol. The maximum atomic E-state index is 13.1. The van der Waals surface area contributed by atoms with Crippen molar-refractivity contribution in [1.29, 1.82) is 0 Å². The molecule has 6 heteroatoms. The number of anilines is 1. The highest BCUT2D eigenvalue weighted by atomic mass is 16.5. The van der Waals surface area contributed by atoms with Crippen molar-refractivity contribution < 1.29 is 19.1 Å². The van der Waals surface area contributed by atoms with Gasteiger partial charge in [-0.25, -0.2) is 0 Å². The van der Waals surface area contributed by atoms with Crippen LogP contribution in [0.5, 0.6) is 11.5 Å². The fourth-order valence-corrected chi connectivity index (χ4v) is 3.58. The van der Waals surface area contributed by atoms with Crippen LogP contribution in [0.25, 0.3) is 0 Å². The minimum Gasteiger partial charge on any atom is -0.493 e. The zero-order chi connectivity index (χ0) is 21.8. The second-order valence-corrected chi connectivity index (χ2v) is 8.14. The zero-order valence-electron chi connectivity index (χ0n) is 18.3. The van der Waals surface area contributed by atoms with Crippen LogP contribution in [0.3, 0.4) is 0 Å². The van der Waals surface area contributed by atoms with Gasteiger partial charge >= 0.3 is 0 Å². The normalized spacial score (nSPS) is 15.3. The summed E-state index contributed by atoms with van der Waals surface area (Å²) >= 11 is 0.